The molecule has 4 fully saturated rings. The molecule has 0 spiro atoms. The van der Waals surface area contributed by atoms with Crippen molar-refractivity contribution in [1.82, 2.24) is 0 Å². The quantitative estimate of drug-likeness (QED) is 0.515. The lowest BCUT2D eigenvalue weighted by molar-refractivity contribution is -0.140. The molecular weight excluding hydrogens is 316 g/mol. The number of terminal acetylenes is 1. The average Bonchev–Trinajstić information content (AvgIpc) is 3.00. The van der Waals surface area contributed by atoms with Crippen molar-refractivity contribution in [2.45, 2.75) is 91.9 Å². The minimum atomic E-state index is 0.479. The van der Waals surface area contributed by atoms with E-state index in [1.807, 2.05) is 0 Å². The van der Waals surface area contributed by atoms with E-state index in [-0.39, 0.29) is 0 Å². The molecule has 1 nitrogen and oxygen atoms in total. The van der Waals surface area contributed by atoms with Crippen molar-refractivity contribution in [3.05, 3.63) is 0 Å². The first-order valence-corrected chi connectivity index (χ1v) is 11.2. The van der Waals surface area contributed by atoms with E-state index in [9.17, 15) is 4.79 Å². The van der Waals surface area contributed by atoms with Crippen LogP contribution in [0, 0.1) is 59.2 Å². The van der Waals surface area contributed by atoms with Gasteiger partial charge >= 0.3 is 0 Å². The first-order valence-electron chi connectivity index (χ1n) is 11.2. The fourth-order valence-electron chi connectivity index (χ4n) is 8.31. The number of Topliss-reactive ketones (excluding diaryl/α,β-unsaturated/α-hetero) is 1. The van der Waals surface area contributed by atoms with Crippen molar-refractivity contribution in [3.8, 4) is 12.8 Å². The molecule has 146 valence electrons. The molecule has 0 aromatic heterocycles. The Morgan fingerprint density at radius 3 is 2.38 bits per heavy atom. The molecule has 0 bridgehead atoms. The van der Waals surface area contributed by atoms with Crippen LogP contribution in [0.3, 0.4) is 0 Å². The van der Waals surface area contributed by atoms with Crippen LogP contribution in [-0.2, 0) is 4.79 Å². The van der Waals surface area contributed by atoms with E-state index in [1.54, 1.807) is 0 Å². The Hall–Kier alpha value is -0.770. The van der Waals surface area contributed by atoms with Gasteiger partial charge in [-0.3, -0.25) is 4.79 Å². The molecule has 1 heteroatoms. The van der Waals surface area contributed by atoms with Crippen molar-refractivity contribution in [3.63, 3.8) is 0 Å². The highest BCUT2D eigenvalue weighted by Crippen LogP contribution is 2.68. The Balaban J connectivity index is 0.000000948. The third kappa shape index (κ3) is 2.87. The summed E-state index contributed by atoms with van der Waals surface area (Å²) in [5.74, 6) is 5.98. The number of ketones is 1. The van der Waals surface area contributed by atoms with Gasteiger partial charge in [-0.2, -0.15) is 0 Å². The predicted octanol–water partition coefficient (Wildman–Crippen LogP) is 6.51. The molecule has 0 N–H and O–H groups in total. The second-order valence-corrected chi connectivity index (χ2v) is 10.5. The zero-order chi connectivity index (χ0) is 19.1. The number of carbonyl (C=O) groups is 1. The van der Waals surface area contributed by atoms with Gasteiger partial charge in [-0.25, -0.2) is 0 Å². The molecule has 4 aliphatic carbocycles. The third-order valence-electron chi connectivity index (χ3n) is 9.89. The minimum absolute atomic E-state index is 0.479. The van der Waals surface area contributed by atoms with Gasteiger partial charge in [0.15, 0.2) is 0 Å². The SMILES string of the molecule is C#C.CCC(C)C1CCC2C3CCC4CC(=O)CCC4(C)C3CC[C@]12C. The smallest absolute Gasteiger partial charge is 0.133 e. The fraction of sp³-hybridized carbons (Fsp3) is 0.880. The Bertz CT molecular complexity index is 548. The fourth-order valence-corrected chi connectivity index (χ4v) is 8.31. The van der Waals surface area contributed by atoms with Gasteiger partial charge in [0.25, 0.3) is 0 Å². The maximum absolute atomic E-state index is 12.0. The molecule has 0 aromatic rings. The van der Waals surface area contributed by atoms with Crippen molar-refractivity contribution >= 4 is 5.78 Å². The van der Waals surface area contributed by atoms with Gasteiger partial charge in [-0.1, -0.05) is 34.1 Å². The van der Waals surface area contributed by atoms with Crippen LogP contribution in [0.1, 0.15) is 91.9 Å². The van der Waals surface area contributed by atoms with E-state index in [1.165, 1.54) is 51.4 Å². The largest absolute Gasteiger partial charge is 0.300 e. The summed E-state index contributed by atoms with van der Waals surface area (Å²) in [6.07, 6.45) is 21.0. The summed E-state index contributed by atoms with van der Waals surface area (Å²) in [5, 5.41) is 0. The van der Waals surface area contributed by atoms with Gasteiger partial charge in [-0.15, -0.1) is 12.8 Å². The minimum Gasteiger partial charge on any atom is -0.300 e. The van der Waals surface area contributed by atoms with Crippen LogP contribution in [0.4, 0.5) is 0 Å². The standard InChI is InChI=1S/C23H38O.C2H2/c1-5-15(2)19-8-9-20-18-7-6-16-14-17(24)10-12-22(16,3)21(18)11-13-23(19,20)4;1-2/h15-16,18-21H,5-14H2,1-4H3;1-2H/t15?,16?,18?,19?,20?,21?,22?,23-;/m1./s1. The molecule has 8 atom stereocenters. The molecule has 4 saturated carbocycles. The summed E-state index contributed by atoms with van der Waals surface area (Å²) < 4.78 is 0. The zero-order valence-electron chi connectivity index (χ0n) is 17.6. The molecule has 7 unspecified atom stereocenters. The number of hydrogen-bond acceptors (Lipinski definition) is 1. The summed E-state index contributed by atoms with van der Waals surface area (Å²) in [5.41, 5.74) is 1.09. The van der Waals surface area contributed by atoms with Crippen molar-refractivity contribution in [1.29, 1.82) is 0 Å². The molecule has 0 heterocycles. The molecular formula is C25H40O. The summed E-state index contributed by atoms with van der Waals surface area (Å²) in [7, 11) is 0. The van der Waals surface area contributed by atoms with E-state index >= 15 is 0 Å². The second kappa shape index (κ2) is 7.33. The van der Waals surface area contributed by atoms with Crippen LogP contribution in [0.25, 0.3) is 0 Å². The van der Waals surface area contributed by atoms with Gasteiger partial charge in [0.05, 0.1) is 0 Å². The predicted molar refractivity (Wildman–Crippen MR) is 110 cm³/mol. The molecule has 0 saturated heterocycles. The molecule has 4 aliphatic rings. The molecule has 0 radical (unpaired) electrons. The summed E-state index contributed by atoms with van der Waals surface area (Å²) in [6, 6.07) is 0. The van der Waals surface area contributed by atoms with E-state index < -0.39 is 0 Å². The molecule has 26 heavy (non-hydrogen) atoms. The molecule has 4 rings (SSSR count). The Morgan fingerprint density at radius 2 is 1.69 bits per heavy atom. The Labute approximate surface area is 162 Å². The van der Waals surface area contributed by atoms with Gasteiger partial charge in [-0.05, 0) is 91.3 Å². The highest BCUT2D eigenvalue weighted by molar-refractivity contribution is 5.79. The number of rotatable bonds is 2. The second-order valence-electron chi connectivity index (χ2n) is 10.5. The summed E-state index contributed by atoms with van der Waals surface area (Å²) in [6.45, 7) is 10.1. The maximum Gasteiger partial charge on any atom is 0.133 e. The van der Waals surface area contributed by atoms with Gasteiger partial charge < -0.3 is 0 Å². The third-order valence-corrected chi connectivity index (χ3v) is 9.89. The Kier molecular flexibility index (Phi) is 5.63. The first-order chi connectivity index (χ1) is 12.4. The van der Waals surface area contributed by atoms with Crippen molar-refractivity contribution < 1.29 is 4.79 Å². The number of hydrogen-bond donors (Lipinski definition) is 0. The zero-order valence-corrected chi connectivity index (χ0v) is 17.6. The van der Waals surface area contributed by atoms with Crippen LogP contribution in [0.15, 0.2) is 0 Å². The molecule has 0 aromatic carbocycles. The first kappa shape index (κ1) is 20.0. The van der Waals surface area contributed by atoms with Crippen molar-refractivity contribution in [2.75, 3.05) is 0 Å². The van der Waals surface area contributed by atoms with Crippen LogP contribution < -0.4 is 0 Å². The van der Waals surface area contributed by atoms with Crippen LogP contribution in [-0.4, -0.2) is 5.78 Å². The van der Waals surface area contributed by atoms with Gasteiger partial charge in [0.2, 0.25) is 0 Å². The van der Waals surface area contributed by atoms with Crippen LogP contribution in [0.5, 0.6) is 0 Å². The number of fused-ring (bicyclic) bond motifs is 5. The van der Waals surface area contributed by atoms with E-state index in [4.69, 9.17) is 0 Å². The lowest BCUT2D eigenvalue weighted by Gasteiger charge is -2.60. The molecule has 0 aliphatic heterocycles. The van der Waals surface area contributed by atoms with E-state index in [0.29, 0.717) is 22.5 Å². The highest BCUT2D eigenvalue weighted by atomic mass is 16.1. The lowest BCUT2D eigenvalue weighted by Crippen LogP contribution is -2.53. The summed E-state index contributed by atoms with van der Waals surface area (Å²) >= 11 is 0. The van der Waals surface area contributed by atoms with Crippen LogP contribution in [0.2, 0.25) is 0 Å². The Morgan fingerprint density at radius 1 is 1.00 bits per heavy atom. The average molecular weight is 357 g/mol. The normalized spacial score (nSPS) is 48.4. The summed E-state index contributed by atoms with van der Waals surface area (Å²) in [4.78, 5) is 12.0. The maximum atomic E-state index is 12.0. The van der Waals surface area contributed by atoms with Crippen LogP contribution >= 0.6 is 0 Å². The lowest BCUT2D eigenvalue weighted by atomic mass is 9.44. The van der Waals surface area contributed by atoms with Gasteiger partial charge in [0.1, 0.15) is 5.78 Å². The number of carbonyl (C=O) groups excluding carboxylic acids is 1. The molecule has 0 amide bonds. The monoisotopic (exact) mass is 356 g/mol. The highest BCUT2D eigenvalue weighted by Gasteiger charge is 2.60. The van der Waals surface area contributed by atoms with E-state index in [2.05, 4.69) is 40.5 Å². The van der Waals surface area contributed by atoms with E-state index in [0.717, 1.165) is 42.4 Å². The van der Waals surface area contributed by atoms with Crippen molar-refractivity contribution in [2.24, 2.45) is 46.3 Å². The topological polar surface area (TPSA) is 17.1 Å². The van der Waals surface area contributed by atoms with Gasteiger partial charge in [0, 0.05) is 12.8 Å².